The van der Waals surface area contributed by atoms with Crippen molar-refractivity contribution in [3.05, 3.63) is 66.2 Å². The number of sulfonamides is 1. The third-order valence-corrected chi connectivity index (χ3v) is 7.40. The van der Waals surface area contributed by atoms with Crippen LogP contribution in [0.4, 0.5) is 0 Å². The third-order valence-electron chi connectivity index (χ3n) is 5.47. The highest BCUT2D eigenvalue weighted by molar-refractivity contribution is 7.89. The maximum Gasteiger partial charge on any atom is 0.245 e. The Labute approximate surface area is 180 Å². The molecule has 0 N–H and O–H groups in total. The van der Waals surface area contributed by atoms with E-state index < -0.39 is 10.0 Å². The summed E-state index contributed by atoms with van der Waals surface area (Å²) in [6.45, 7) is 3.03. The zero-order valence-electron chi connectivity index (χ0n) is 16.1. The lowest BCUT2D eigenvalue weighted by atomic mass is 10.0. The van der Waals surface area contributed by atoms with E-state index in [0.717, 1.165) is 6.54 Å². The fourth-order valence-corrected chi connectivity index (χ4v) is 5.49. The topological polar surface area (TPSA) is 79.5 Å². The van der Waals surface area contributed by atoms with Crippen molar-refractivity contribution in [1.82, 2.24) is 19.5 Å². The van der Waals surface area contributed by atoms with Crippen LogP contribution in [-0.4, -0.2) is 54.1 Å². The first kappa shape index (κ1) is 20.7. The first-order chi connectivity index (χ1) is 14.1. The van der Waals surface area contributed by atoms with E-state index >= 15 is 0 Å². The molecular formula is C21H20ClN4O3S-. The predicted molar refractivity (Wildman–Crippen MR) is 110 cm³/mol. The fourth-order valence-electron chi connectivity index (χ4n) is 3.93. The Bertz CT molecular complexity index is 1280. The maximum absolute atomic E-state index is 13.1. The molecule has 3 aromatic carbocycles. The number of hydrogen-bond acceptors (Lipinski definition) is 6. The van der Waals surface area contributed by atoms with E-state index in [9.17, 15) is 8.42 Å². The van der Waals surface area contributed by atoms with Gasteiger partial charge in [0, 0.05) is 32.7 Å². The minimum atomic E-state index is -3.65. The van der Waals surface area contributed by atoms with Gasteiger partial charge >= 0.3 is 0 Å². The van der Waals surface area contributed by atoms with Gasteiger partial charge in [-0.05, 0) is 38.8 Å². The van der Waals surface area contributed by atoms with Crippen molar-refractivity contribution in [3.63, 3.8) is 0 Å². The SMILES string of the molecule is O=S(=O)(c1cccc2nonc12)N1CCN(Cc2cccc3ccccc23)CC1.[Cl-]. The maximum atomic E-state index is 13.1. The molecule has 1 aliphatic heterocycles. The van der Waals surface area contributed by atoms with Crippen molar-refractivity contribution in [1.29, 1.82) is 0 Å². The van der Waals surface area contributed by atoms with Crippen LogP contribution in [0.15, 0.2) is 70.2 Å². The number of piperazine rings is 1. The van der Waals surface area contributed by atoms with E-state index in [1.165, 1.54) is 20.6 Å². The lowest BCUT2D eigenvalue weighted by molar-refractivity contribution is -0.00000870. The zero-order chi connectivity index (χ0) is 19.8. The van der Waals surface area contributed by atoms with Gasteiger partial charge in [-0.2, -0.15) is 4.31 Å². The summed E-state index contributed by atoms with van der Waals surface area (Å²) in [7, 11) is -3.65. The first-order valence-corrected chi connectivity index (χ1v) is 11.0. The minimum Gasteiger partial charge on any atom is -1.00 e. The molecule has 0 amide bonds. The van der Waals surface area contributed by atoms with Crippen LogP contribution in [-0.2, 0) is 16.6 Å². The minimum absolute atomic E-state index is 0. The number of rotatable bonds is 4. The molecule has 1 saturated heterocycles. The molecule has 0 bridgehead atoms. The molecule has 1 aliphatic rings. The van der Waals surface area contributed by atoms with Gasteiger partial charge in [-0.1, -0.05) is 48.5 Å². The number of hydrogen-bond donors (Lipinski definition) is 0. The molecule has 0 radical (unpaired) electrons. The predicted octanol–water partition coefficient (Wildman–Crippen LogP) is -0.113. The van der Waals surface area contributed by atoms with Crippen LogP contribution in [0.3, 0.4) is 0 Å². The monoisotopic (exact) mass is 443 g/mol. The van der Waals surface area contributed by atoms with Crippen molar-refractivity contribution in [2.24, 2.45) is 0 Å². The number of aromatic nitrogens is 2. The first-order valence-electron chi connectivity index (χ1n) is 9.53. The number of halogens is 1. The Morgan fingerprint density at radius 2 is 1.60 bits per heavy atom. The fraction of sp³-hybridized carbons (Fsp3) is 0.238. The van der Waals surface area contributed by atoms with Crippen LogP contribution < -0.4 is 12.4 Å². The van der Waals surface area contributed by atoms with Gasteiger partial charge in [-0.25, -0.2) is 13.0 Å². The Morgan fingerprint density at radius 1 is 0.867 bits per heavy atom. The van der Waals surface area contributed by atoms with Crippen LogP contribution in [0.1, 0.15) is 5.56 Å². The van der Waals surface area contributed by atoms with E-state index in [0.29, 0.717) is 31.7 Å². The van der Waals surface area contributed by atoms with Gasteiger partial charge in [-0.15, -0.1) is 0 Å². The van der Waals surface area contributed by atoms with Gasteiger partial charge in [0.1, 0.15) is 10.4 Å². The van der Waals surface area contributed by atoms with E-state index in [-0.39, 0.29) is 22.8 Å². The molecule has 7 nitrogen and oxygen atoms in total. The lowest BCUT2D eigenvalue weighted by Crippen LogP contribution is -3.00. The highest BCUT2D eigenvalue weighted by Gasteiger charge is 2.31. The molecule has 2 heterocycles. The Kier molecular flexibility index (Phi) is 5.75. The van der Waals surface area contributed by atoms with Gasteiger partial charge in [0.2, 0.25) is 10.0 Å². The van der Waals surface area contributed by atoms with Crippen molar-refractivity contribution in [2.45, 2.75) is 11.4 Å². The molecule has 0 atom stereocenters. The van der Waals surface area contributed by atoms with E-state index in [2.05, 4.69) is 51.6 Å². The van der Waals surface area contributed by atoms with Crippen molar-refractivity contribution < 1.29 is 25.5 Å². The molecular weight excluding hydrogens is 424 g/mol. The Balaban J connectivity index is 0.00000218. The van der Waals surface area contributed by atoms with Crippen molar-refractivity contribution in [3.8, 4) is 0 Å². The van der Waals surface area contributed by atoms with E-state index in [1.807, 2.05) is 6.07 Å². The van der Waals surface area contributed by atoms with Crippen LogP contribution in [0.25, 0.3) is 21.8 Å². The Morgan fingerprint density at radius 3 is 2.43 bits per heavy atom. The van der Waals surface area contributed by atoms with Gasteiger partial charge in [0.25, 0.3) is 0 Å². The Hall–Kier alpha value is -2.52. The summed E-state index contributed by atoms with van der Waals surface area (Å²) in [4.78, 5) is 2.45. The molecule has 30 heavy (non-hydrogen) atoms. The van der Waals surface area contributed by atoms with Gasteiger partial charge in [0.15, 0.2) is 5.52 Å². The smallest absolute Gasteiger partial charge is 0.245 e. The summed E-state index contributed by atoms with van der Waals surface area (Å²) in [5, 5.41) is 9.99. The third kappa shape index (κ3) is 3.67. The standard InChI is InChI=1S/C21H20N4O3S.ClH/c26-29(27,20-10-4-9-19-21(20)23-28-22-19)25-13-11-24(12-14-25)15-17-7-3-6-16-5-1-2-8-18(16)17;/h1-10H,11-15H2;1H/p-1. The van der Waals surface area contributed by atoms with E-state index in [4.69, 9.17) is 4.63 Å². The average Bonchev–Trinajstić information content (AvgIpc) is 3.23. The van der Waals surface area contributed by atoms with Gasteiger partial charge in [0.05, 0.1) is 0 Å². The van der Waals surface area contributed by atoms with Gasteiger partial charge in [-0.3, -0.25) is 4.90 Å². The molecule has 0 aliphatic carbocycles. The molecule has 0 saturated carbocycles. The quantitative estimate of drug-likeness (QED) is 0.438. The zero-order valence-corrected chi connectivity index (χ0v) is 17.7. The second kappa shape index (κ2) is 8.31. The normalized spacial score (nSPS) is 16.0. The van der Waals surface area contributed by atoms with Crippen LogP contribution >= 0.6 is 0 Å². The van der Waals surface area contributed by atoms with Crippen LogP contribution in [0, 0.1) is 0 Å². The second-order valence-electron chi connectivity index (χ2n) is 7.21. The number of benzene rings is 3. The highest BCUT2D eigenvalue weighted by atomic mass is 35.5. The summed E-state index contributed by atoms with van der Waals surface area (Å²) in [5.41, 5.74) is 1.99. The molecule has 0 spiro atoms. The second-order valence-corrected chi connectivity index (χ2v) is 9.11. The number of nitrogens with zero attached hydrogens (tertiary/aromatic N) is 4. The van der Waals surface area contributed by atoms with Crippen LogP contribution in [0.2, 0.25) is 0 Å². The largest absolute Gasteiger partial charge is 1.00 e. The molecule has 1 aromatic heterocycles. The highest BCUT2D eigenvalue weighted by Crippen LogP contribution is 2.25. The van der Waals surface area contributed by atoms with Crippen molar-refractivity contribution in [2.75, 3.05) is 26.2 Å². The molecule has 0 unspecified atom stereocenters. The number of fused-ring (bicyclic) bond motifs is 2. The molecule has 1 fully saturated rings. The summed E-state index contributed by atoms with van der Waals surface area (Å²) in [6, 6.07) is 19.6. The molecule has 156 valence electrons. The van der Waals surface area contributed by atoms with E-state index in [1.54, 1.807) is 18.2 Å². The summed E-state index contributed by atoms with van der Waals surface area (Å²) in [6.07, 6.45) is 0. The van der Waals surface area contributed by atoms with Crippen LogP contribution in [0.5, 0.6) is 0 Å². The average molecular weight is 444 g/mol. The van der Waals surface area contributed by atoms with Gasteiger partial charge < -0.3 is 12.4 Å². The molecule has 5 rings (SSSR count). The molecule has 9 heteroatoms. The molecule has 4 aromatic rings. The summed E-state index contributed by atoms with van der Waals surface area (Å²) >= 11 is 0. The van der Waals surface area contributed by atoms with Crippen molar-refractivity contribution >= 4 is 31.8 Å². The summed E-state index contributed by atoms with van der Waals surface area (Å²) in [5.74, 6) is 0. The lowest BCUT2D eigenvalue weighted by Gasteiger charge is -2.34. The summed E-state index contributed by atoms with van der Waals surface area (Å²) < 4.78 is 32.5.